The average molecular weight is 285 g/mol. The second-order valence-electron chi connectivity index (χ2n) is 4.81. The summed E-state index contributed by atoms with van der Waals surface area (Å²) in [6.07, 6.45) is -3.24. The number of alkyl halides is 3. The Kier molecular flexibility index (Phi) is 2.55. The SMILES string of the molecule is NC1(c2nc(-c3ccc(O)c(C(F)(F)F)c3)no2)CC1. The zero-order valence-electron chi connectivity index (χ0n) is 10.1. The van der Waals surface area contributed by atoms with E-state index in [4.69, 9.17) is 10.3 Å². The van der Waals surface area contributed by atoms with Crippen molar-refractivity contribution in [3.8, 4) is 17.1 Å². The molecule has 3 N–H and O–H groups in total. The third kappa shape index (κ3) is 2.11. The van der Waals surface area contributed by atoms with Crippen LogP contribution < -0.4 is 5.73 Å². The quantitative estimate of drug-likeness (QED) is 0.885. The third-order valence-electron chi connectivity index (χ3n) is 3.20. The first-order valence-electron chi connectivity index (χ1n) is 5.83. The second kappa shape index (κ2) is 3.95. The van der Waals surface area contributed by atoms with Gasteiger partial charge in [0.05, 0.1) is 11.1 Å². The summed E-state index contributed by atoms with van der Waals surface area (Å²) in [6, 6.07) is 3.01. The number of benzene rings is 1. The standard InChI is InChI=1S/C12H10F3N3O2/c13-12(14,15)7-5-6(1-2-8(7)19)9-17-10(20-18-9)11(16)3-4-11/h1-2,5,19H,3-4,16H2. The smallest absolute Gasteiger partial charge is 0.419 e. The third-order valence-corrected chi connectivity index (χ3v) is 3.20. The number of nitrogens with two attached hydrogens (primary N) is 1. The van der Waals surface area contributed by atoms with E-state index in [0.29, 0.717) is 12.8 Å². The van der Waals surface area contributed by atoms with Crippen LogP contribution in [-0.4, -0.2) is 15.2 Å². The summed E-state index contributed by atoms with van der Waals surface area (Å²) in [7, 11) is 0. The van der Waals surface area contributed by atoms with Crippen molar-refractivity contribution in [2.45, 2.75) is 24.6 Å². The van der Waals surface area contributed by atoms with Crippen LogP contribution in [0.4, 0.5) is 13.2 Å². The summed E-state index contributed by atoms with van der Waals surface area (Å²) >= 11 is 0. The fraction of sp³-hybridized carbons (Fsp3) is 0.333. The molecule has 0 amide bonds. The van der Waals surface area contributed by atoms with Crippen LogP contribution in [0.3, 0.4) is 0 Å². The van der Waals surface area contributed by atoms with Gasteiger partial charge in [-0.2, -0.15) is 18.2 Å². The van der Waals surface area contributed by atoms with E-state index >= 15 is 0 Å². The van der Waals surface area contributed by atoms with Gasteiger partial charge in [0.2, 0.25) is 11.7 Å². The summed E-state index contributed by atoms with van der Waals surface area (Å²) < 4.78 is 43.1. The molecule has 1 aliphatic carbocycles. The molecule has 1 saturated carbocycles. The Morgan fingerprint density at radius 1 is 1.30 bits per heavy atom. The first-order chi connectivity index (χ1) is 9.29. The van der Waals surface area contributed by atoms with Gasteiger partial charge in [0.15, 0.2) is 0 Å². The number of nitrogens with zero attached hydrogens (tertiary/aromatic N) is 2. The summed E-state index contributed by atoms with van der Waals surface area (Å²) in [5.41, 5.74) is 4.19. The van der Waals surface area contributed by atoms with Crippen LogP contribution in [-0.2, 0) is 11.7 Å². The minimum absolute atomic E-state index is 0.0159. The van der Waals surface area contributed by atoms with E-state index in [9.17, 15) is 18.3 Å². The predicted molar refractivity (Wildman–Crippen MR) is 61.5 cm³/mol. The monoisotopic (exact) mass is 285 g/mol. The van der Waals surface area contributed by atoms with Gasteiger partial charge >= 0.3 is 6.18 Å². The van der Waals surface area contributed by atoms with Crippen LogP contribution >= 0.6 is 0 Å². The van der Waals surface area contributed by atoms with Crippen LogP contribution in [0.1, 0.15) is 24.3 Å². The predicted octanol–water partition coefficient (Wildman–Crippen LogP) is 2.41. The van der Waals surface area contributed by atoms with Crippen LogP contribution in [0.15, 0.2) is 22.7 Å². The van der Waals surface area contributed by atoms with E-state index in [2.05, 4.69) is 10.1 Å². The van der Waals surface area contributed by atoms with E-state index in [-0.39, 0.29) is 17.3 Å². The van der Waals surface area contributed by atoms with Crippen LogP contribution in [0.25, 0.3) is 11.4 Å². The second-order valence-corrected chi connectivity index (χ2v) is 4.81. The molecule has 106 valence electrons. The highest BCUT2D eigenvalue weighted by atomic mass is 19.4. The van der Waals surface area contributed by atoms with Crippen LogP contribution in [0.2, 0.25) is 0 Å². The van der Waals surface area contributed by atoms with Crippen molar-refractivity contribution < 1.29 is 22.8 Å². The van der Waals surface area contributed by atoms with Crippen LogP contribution in [0.5, 0.6) is 5.75 Å². The van der Waals surface area contributed by atoms with Gasteiger partial charge in [-0.25, -0.2) is 0 Å². The van der Waals surface area contributed by atoms with E-state index in [1.165, 1.54) is 6.07 Å². The molecule has 1 aromatic carbocycles. The lowest BCUT2D eigenvalue weighted by atomic mass is 10.1. The molecule has 2 aromatic rings. The Labute approximate surface area is 111 Å². The zero-order valence-corrected chi connectivity index (χ0v) is 10.1. The number of phenols is 1. The molecule has 1 aliphatic rings. The number of aromatic nitrogens is 2. The summed E-state index contributed by atoms with van der Waals surface area (Å²) in [5.74, 6) is -0.612. The van der Waals surface area contributed by atoms with Gasteiger partial charge in [-0.1, -0.05) is 5.16 Å². The fourth-order valence-corrected chi connectivity index (χ4v) is 1.79. The van der Waals surface area contributed by atoms with Crippen molar-refractivity contribution in [1.29, 1.82) is 0 Å². The van der Waals surface area contributed by atoms with E-state index in [1.807, 2.05) is 0 Å². The van der Waals surface area contributed by atoms with Gasteiger partial charge in [-0.3, -0.25) is 0 Å². The van der Waals surface area contributed by atoms with E-state index in [0.717, 1.165) is 12.1 Å². The molecule has 1 heterocycles. The van der Waals surface area contributed by atoms with E-state index in [1.54, 1.807) is 0 Å². The Morgan fingerprint density at radius 2 is 2.00 bits per heavy atom. The number of hydrogen-bond donors (Lipinski definition) is 2. The lowest BCUT2D eigenvalue weighted by Gasteiger charge is -2.09. The molecule has 0 radical (unpaired) electrons. The summed E-state index contributed by atoms with van der Waals surface area (Å²) in [5, 5.41) is 12.9. The van der Waals surface area contributed by atoms with Gasteiger partial charge in [0.25, 0.3) is 0 Å². The highest BCUT2D eigenvalue weighted by molar-refractivity contribution is 5.58. The molecule has 1 fully saturated rings. The largest absolute Gasteiger partial charge is 0.507 e. The Hall–Kier alpha value is -2.09. The molecule has 8 heteroatoms. The topological polar surface area (TPSA) is 85.2 Å². The van der Waals surface area contributed by atoms with E-state index < -0.39 is 23.0 Å². The van der Waals surface area contributed by atoms with Crippen LogP contribution in [0, 0.1) is 0 Å². The molecular formula is C12H10F3N3O2. The van der Waals surface area contributed by atoms with Gasteiger partial charge in [0, 0.05) is 5.56 Å². The van der Waals surface area contributed by atoms with Crippen molar-refractivity contribution in [1.82, 2.24) is 10.1 Å². The molecule has 0 bridgehead atoms. The van der Waals surface area contributed by atoms with Gasteiger partial charge < -0.3 is 15.4 Å². The first-order valence-corrected chi connectivity index (χ1v) is 5.83. The number of aromatic hydroxyl groups is 1. The summed E-state index contributed by atoms with van der Waals surface area (Å²) in [4.78, 5) is 4.02. The average Bonchev–Trinajstić information content (AvgIpc) is 2.92. The Bertz CT molecular complexity index is 662. The van der Waals surface area contributed by atoms with Crippen molar-refractivity contribution in [3.63, 3.8) is 0 Å². The number of hydrogen-bond acceptors (Lipinski definition) is 5. The normalized spacial score (nSPS) is 17.2. The first kappa shape index (κ1) is 12.9. The van der Waals surface area contributed by atoms with Crippen molar-refractivity contribution in [2.75, 3.05) is 0 Å². The lowest BCUT2D eigenvalue weighted by molar-refractivity contribution is -0.138. The zero-order chi connectivity index (χ0) is 14.5. The van der Waals surface area contributed by atoms with Gasteiger partial charge in [-0.05, 0) is 31.0 Å². The maximum absolute atomic E-state index is 12.7. The Balaban J connectivity index is 2.00. The van der Waals surface area contributed by atoms with Crippen molar-refractivity contribution >= 4 is 0 Å². The maximum Gasteiger partial charge on any atom is 0.419 e. The molecular weight excluding hydrogens is 275 g/mol. The maximum atomic E-state index is 12.7. The number of phenolic OH excluding ortho intramolecular Hbond substituents is 1. The minimum atomic E-state index is -4.65. The molecule has 3 rings (SSSR count). The molecule has 1 aromatic heterocycles. The Morgan fingerprint density at radius 3 is 2.60 bits per heavy atom. The van der Waals surface area contributed by atoms with Gasteiger partial charge in [-0.15, -0.1) is 0 Å². The van der Waals surface area contributed by atoms with Gasteiger partial charge in [0.1, 0.15) is 5.75 Å². The molecule has 0 saturated heterocycles. The molecule has 0 atom stereocenters. The number of halogens is 3. The number of rotatable bonds is 2. The molecule has 5 nitrogen and oxygen atoms in total. The van der Waals surface area contributed by atoms with Crippen molar-refractivity contribution in [3.05, 3.63) is 29.7 Å². The molecule has 0 aliphatic heterocycles. The highest BCUT2D eigenvalue weighted by Gasteiger charge is 2.45. The fourth-order valence-electron chi connectivity index (χ4n) is 1.79. The molecule has 20 heavy (non-hydrogen) atoms. The summed E-state index contributed by atoms with van der Waals surface area (Å²) in [6.45, 7) is 0. The minimum Gasteiger partial charge on any atom is -0.507 e. The van der Waals surface area contributed by atoms with Crippen molar-refractivity contribution in [2.24, 2.45) is 5.73 Å². The molecule has 0 spiro atoms. The lowest BCUT2D eigenvalue weighted by Crippen LogP contribution is -2.18. The molecule has 0 unspecified atom stereocenters. The highest BCUT2D eigenvalue weighted by Crippen LogP contribution is 2.42.